The number of halogens is 1. The average molecular weight is 464 g/mol. The molecule has 0 aromatic heterocycles. The second-order valence-corrected chi connectivity index (χ2v) is 10.6. The van der Waals surface area contributed by atoms with Crippen LogP contribution in [0.4, 0.5) is 9.18 Å². The summed E-state index contributed by atoms with van der Waals surface area (Å²) >= 11 is 0. The number of carbonyl (C=O) groups is 3. The lowest BCUT2D eigenvalue weighted by molar-refractivity contribution is -0.219. The van der Waals surface area contributed by atoms with E-state index in [1.54, 1.807) is 33.8 Å². The largest absolute Gasteiger partial charge is 0.434 e. The van der Waals surface area contributed by atoms with E-state index in [2.05, 4.69) is 5.32 Å². The van der Waals surface area contributed by atoms with E-state index < -0.39 is 58.5 Å². The molecule has 3 unspecified atom stereocenters. The van der Waals surface area contributed by atoms with Crippen LogP contribution in [-0.2, 0) is 14.3 Å². The first kappa shape index (κ1) is 24.1. The number of aliphatic hydroxyl groups is 2. The second kappa shape index (κ2) is 7.73. The van der Waals surface area contributed by atoms with E-state index in [-0.39, 0.29) is 18.1 Å². The minimum atomic E-state index is -2.04. The molecule has 33 heavy (non-hydrogen) atoms. The molecule has 1 amide bonds. The molecule has 8 atom stereocenters. The smallest absolute Gasteiger partial charge is 0.408 e. The summed E-state index contributed by atoms with van der Waals surface area (Å²) in [6, 6.07) is 0. The molecular formula is C25H34FNO6. The van der Waals surface area contributed by atoms with Gasteiger partial charge in [0.25, 0.3) is 0 Å². The van der Waals surface area contributed by atoms with Crippen molar-refractivity contribution in [1.29, 1.82) is 0 Å². The van der Waals surface area contributed by atoms with Gasteiger partial charge in [-0.2, -0.15) is 0 Å². The van der Waals surface area contributed by atoms with E-state index in [1.165, 1.54) is 12.2 Å². The Hall–Kier alpha value is -2.06. The van der Waals surface area contributed by atoms with Gasteiger partial charge in [-0.1, -0.05) is 25.5 Å². The number of fused-ring (bicyclic) bond motifs is 5. The van der Waals surface area contributed by atoms with Gasteiger partial charge >= 0.3 is 6.09 Å². The minimum absolute atomic E-state index is 0.106. The van der Waals surface area contributed by atoms with Crippen molar-refractivity contribution < 1.29 is 33.7 Å². The van der Waals surface area contributed by atoms with Crippen LogP contribution in [0.25, 0.3) is 0 Å². The summed E-state index contributed by atoms with van der Waals surface area (Å²) in [4.78, 5) is 37.7. The van der Waals surface area contributed by atoms with Gasteiger partial charge in [0.1, 0.15) is 6.61 Å². The Morgan fingerprint density at radius 3 is 2.64 bits per heavy atom. The summed E-state index contributed by atoms with van der Waals surface area (Å²) < 4.78 is 23.0. The van der Waals surface area contributed by atoms with Gasteiger partial charge in [-0.3, -0.25) is 9.59 Å². The normalized spacial score (nSPS) is 46.0. The molecule has 3 N–H and O–H groups in total. The average Bonchev–Trinajstić information content (AvgIpc) is 2.97. The predicted molar refractivity (Wildman–Crippen MR) is 118 cm³/mol. The number of nitrogens with one attached hydrogen (secondary N) is 1. The van der Waals surface area contributed by atoms with E-state index in [0.29, 0.717) is 31.4 Å². The zero-order chi connectivity index (χ0) is 24.4. The van der Waals surface area contributed by atoms with Crippen LogP contribution in [-0.4, -0.2) is 58.4 Å². The van der Waals surface area contributed by atoms with E-state index in [9.17, 15) is 24.6 Å². The Bertz CT molecular complexity index is 947. The number of carbonyl (C=O) groups excluding carboxylic acids is 3. The number of rotatable bonds is 4. The Morgan fingerprint density at radius 1 is 1.30 bits per heavy atom. The highest BCUT2D eigenvalue weighted by atomic mass is 19.1. The number of amides is 1. The van der Waals surface area contributed by atoms with Crippen LogP contribution in [0, 0.1) is 28.6 Å². The van der Waals surface area contributed by atoms with Crippen LogP contribution in [0.1, 0.15) is 53.4 Å². The summed E-state index contributed by atoms with van der Waals surface area (Å²) in [6.07, 6.45) is 3.43. The molecule has 0 heterocycles. The first-order valence-corrected chi connectivity index (χ1v) is 11.8. The van der Waals surface area contributed by atoms with E-state index in [0.717, 1.165) is 0 Å². The lowest BCUT2D eigenvalue weighted by Gasteiger charge is -2.62. The van der Waals surface area contributed by atoms with Gasteiger partial charge in [-0.15, -0.1) is 0 Å². The third-order valence-electron chi connectivity index (χ3n) is 9.31. The number of alkyl carbamates (subject to hydrolysis) is 1. The molecule has 3 fully saturated rings. The van der Waals surface area contributed by atoms with Crippen molar-refractivity contribution in [2.75, 3.05) is 13.2 Å². The van der Waals surface area contributed by atoms with Gasteiger partial charge in [0.2, 0.25) is 5.78 Å². The number of Topliss-reactive ketones (excluding diaryl/α,β-unsaturated/α-hetero) is 1. The second-order valence-electron chi connectivity index (χ2n) is 10.6. The standard InChI is InChI=1S/C25H34FNO6/c1-5-27-21(32)33-25(20(31)13-28)14(2)10-18-17-7-6-15-11-16(29)8-9-22(15,3)24(17,26)19(30)12-23(18,25)4/h8-9,11,14,17-19,28,30H,5-7,10,12-13H2,1-4H3,(H,27,32)/t14-,17?,18?,19-,22-,23-,24?,25+/m0/s1. The van der Waals surface area contributed by atoms with Gasteiger partial charge in [-0.05, 0) is 57.6 Å². The van der Waals surface area contributed by atoms with Crippen molar-refractivity contribution in [3.8, 4) is 0 Å². The van der Waals surface area contributed by atoms with Crippen molar-refractivity contribution in [2.45, 2.75) is 70.8 Å². The number of alkyl halides is 1. The minimum Gasteiger partial charge on any atom is -0.434 e. The first-order chi connectivity index (χ1) is 15.4. The molecular weight excluding hydrogens is 429 g/mol. The molecule has 0 saturated heterocycles. The molecule has 3 saturated carbocycles. The molecule has 182 valence electrons. The lowest BCUT2D eigenvalue weighted by atomic mass is 9.44. The van der Waals surface area contributed by atoms with Crippen molar-refractivity contribution in [2.24, 2.45) is 28.6 Å². The molecule has 4 rings (SSSR count). The third-order valence-corrected chi connectivity index (χ3v) is 9.31. The fourth-order valence-corrected chi connectivity index (χ4v) is 7.84. The summed E-state index contributed by atoms with van der Waals surface area (Å²) in [5, 5.41) is 23.8. The maximum Gasteiger partial charge on any atom is 0.408 e. The predicted octanol–water partition coefficient (Wildman–Crippen LogP) is 2.65. The zero-order valence-corrected chi connectivity index (χ0v) is 19.7. The number of hydrogen-bond acceptors (Lipinski definition) is 6. The van der Waals surface area contributed by atoms with Crippen molar-refractivity contribution >= 4 is 17.7 Å². The summed E-state index contributed by atoms with van der Waals surface area (Å²) in [6.45, 7) is 6.51. The van der Waals surface area contributed by atoms with Gasteiger partial charge in [0.05, 0.1) is 6.10 Å². The molecule has 0 aliphatic heterocycles. The number of ketones is 2. The number of aliphatic hydroxyl groups excluding tert-OH is 2. The quantitative estimate of drug-likeness (QED) is 0.591. The summed E-state index contributed by atoms with van der Waals surface area (Å²) in [7, 11) is 0. The Kier molecular flexibility index (Phi) is 5.64. The molecule has 7 nitrogen and oxygen atoms in total. The highest BCUT2D eigenvalue weighted by Gasteiger charge is 2.77. The van der Waals surface area contributed by atoms with Crippen LogP contribution in [0.15, 0.2) is 23.8 Å². The molecule has 0 bridgehead atoms. The molecule has 0 aromatic carbocycles. The highest BCUT2D eigenvalue weighted by molar-refractivity contribution is 6.01. The van der Waals surface area contributed by atoms with Crippen molar-refractivity contribution in [3.05, 3.63) is 23.8 Å². The fraction of sp³-hybridized carbons (Fsp3) is 0.720. The highest BCUT2D eigenvalue weighted by Crippen LogP contribution is 2.71. The van der Waals surface area contributed by atoms with Crippen LogP contribution in [0.3, 0.4) is 0 Å². The maximum atomic E-state index is 17.2. The summed E-state index contributed by atoms with van der Waals surface area (Å²) in [5.74, 6) is -2.26. The molecule has 0 spiro atoms. The van der Waals surface area contributed by atoms with Crippen LogP contribution >= 0.6 is 0 Å². The maximum absolute atomic E-state index is 17.2. The van der Waals surface area contributed by atoms with E-state index in [4.69, 9.17) is 4.74 Å². The molecule has 0 aromatic rings. The molecule has 8 heteroatoms. The van der Waals surface area contributed by atoms with Crippen LogP contribution in [0.2, 0.25) is 0 Å². The lowest BCUT2D eigenvalue weighted by Crippen LogP contribution is -2.70. The van der Waals surface area contributed by atoms with Gasteiger partial charge in [-0.25, -0.2) is 9.18 Å². The third kappa shape index (κ3) is 2.89. The zero-order valence-electron chi connectivity index (χ0n) is 19.7. The van der Waals surface area contributed by atoms with Crippen LogP contribution < -0.4 is 5.32 Å². The van der Waals surface area contributed by atoms with Gasteiger partial charge in [0, 0.05) is 29.2 Å². The number of ether oxygens (including phenoxy) is 1. The van der Waals surface area contributed by atoms with E-state index >= 15 is 4.39 Å². The number of allylic oxidation sites excluding steroid dienone is 4. The molecule has 4 aliphatic carbocycles. The topological polar surface area (TPSA) is 113 Å². The molecule has 4 aliphatic rings. The van der Waals surface area contributed by atoms with E-state index in [1.807, 2.05) is 0 Å². The summed E-state index contributed by atoms with van der Waals surface area (Å²) in [5.41, 5.74) is -5.24. The van der Waals surface area contributed by atoms with Crippen molar-refractivity contribution in [1.82, 2.24) is 5.32 Å². The Balaban J connectivity index is 1.83. The van der Waals surface area contributed by atoms with Gasteiger partial charge < -0.3 is 20.3 Å². The van der Waals surface area contributed by atoms with Crippen molar-refractivity contribution in [3.63, 3.8) is 0 Å². The molecule has 0 radical (unpaired) electrons. The monoisotopic (exact) mass is 463 g/mol. The van der Waals surface area contributed by atoms with Crippen LogP contribution in [0.5, 0.6) is 0 Å². The Morgan fingerprint density at radius 2 is 2.00 bits per heavy atom. The Labute approximate surface area is 193 Å². The number of hydrogen-bond donors (Lipinski definition) is 3. The first-order valence-electron chi connectivity index (χ1n) is 11.8. The van der Waals surface area contributed by atoms with Gasteiger partial charge in [0.15, 0.2) is 17.1 Å². The fourth-order valence-electron chi connectivity index (χ4n) is 7.84. The SMILES string of the molecule is CCNC(=O)O[C@@]1(C(=O)CO)[C@@H](C)CC2C3CCC4=CC(=O)C=C[C@]4(C)C3(F)[C@@H](O)C[C@@]21C.